The van der Waals surface area contributed by atoms with Gasteiger partial charge in [0.25, 0.3) is 11.8 Å². The average Bonchev–Trinajstić information content (AvgIpc) is 3.66. The number of fused-ring (bicyclic) bond motifs is 1. The van der Waals surface area contributed by atoms with Crippen LogP contribution >= 0.6 is 0 Å². The highest BCUT2D eigenvalue weighted by atomic mass is 16.2. The standard InChI is InChI=1S/C37H52N6O7/c1-5-10-25(30(44)35(49)40-23-15-16-23)41-34(48)29-24-14-9-13-22(24)20-43(29)36(50)27(37(2,3)4)31(45)32(46)28(21-11-7-6-8-12-21)42-33(47)26-19-38-17-18-39-26/h17-19,21-25,27-29H,5-16,20H2,1-4H3,(H,40,49)(H,41,48)(H,42,47)/t22-,24-,25?,27+,28-,29-/m0/s1. The molecule has 3 saturated carbocycles. The van der Waals surface area contributed by atoms with Gasteiger partial charge in [0.2, 0.25) is 29.2 Å². The highest BCUT2D eigenvalue weighted by molar-refractivity contribution is 6.43. The number of carbonyl (C=O) groups is 7. The lowest BCUT2D eigenvalue weighted by Gasteiger charge is -2.36. The number of ketones is 3. The summed E-state index contributed by atoms with van der Waals surface area (Å²) in [6.45, 7) is 7.26. The van der Waals surface area contributed by atoms with Crippen LogP contribution in [-0.4, -0.2) is 86.6 Å². The van der Waals surface area contributed by atoms with Crippen molar-refractivity contribution < 1.29 is 33.6 Å². The van der Waals surface area contributed by atoms with Crippen molar-refractivity contribution in [2.75, 3.05) is 6.54 Å². The van der Waals surface area contributed by atoms with E-state index in [0.717, 1.165) is 44.9 Å². The smallest absolute Gasteiger partial charge is 0.289 e. The molecule has 4 aliphatic rings. The predicted octanol–water partition coefficient (Wildman–Crippen LogP) is 2.72. The van der Waals surface area contributed by atoms with E-state index in [0.29, 0.717) is 25.7 Å². The van der Waals surface area contributed by atoms with Gasteiger partial charge in [0, 0.05) is 25.0 Å². The van der Waals surface area contributed by atoms with Gasteiger partial charge in [-0.25, -0.2) is 4.98 Å². The zero-order chi connectivity index (χ0) is 36.2. The minimum atomic E-state index is -1.42. The topological polar surface area (TPSA) is 185 Å². The maximum Gasteiger partial charge on any atom is 0.289 e. The third kappa shape index (κ3) is 8.46. The summed E-state index contributed by atoms with van der Waals surface area (Å²) >= 11 is 0. The minimum Gasteiger partial charge on any atom is -0.347 e. The molecule has 13 nitrogen and oxygen atoms in total. The molecule has 0 radical (unpaired) electrons. The van der Waals surface area contributed by atoms with E-state index in [4.69, 9.17) is 0 Å². The molecule has 0 spiro atoms. The Bertz CT molecular complexity index is 1470. The number of aromatic nitrogens is 2. The lowest BCUT2D eigenvalue weighted by atomic mass is 9.73. The largest absolute Gasteiger partial charge is 0.347 e. The summed E-state index contributed by atoms with van der Waals surface area (Å²) < 4.78 is 0. The molecule has 3 N–H and O–H groups in total. The van der Waals surface area contributed by atoms with Crippen LogP contribution in [0.15, 0.2) is 18.6 Å². The van der Waals surface area contributed by atoms with Crippen LogP contribution in [-0.2, 0) is 28.8 Å². The lowest BCUT2D eigenvalue weighted by molar-refractivity contribution is -0.154. The summed E-state index contributed by atoms with van der Waals surface area (Å²) in [6, 6.07) is -3.15. The van der Waals surface area contributed by atoms with Crippen molar-refractivity contribution in [2.45, 2.75) is 129 Å². The van der Waals surface area contributed by atoms with Crippen LogP contribution in [0.1, 0.15) is 115 Å². The van der Waals surface area contributed by atoms with Gasteiger partial charge in [-0.3, -0.25) is 38.5 Å². The van der Waals surface area contributed by atoms with E-state index in [2.05, 4.69) is 25.9 Å². The fraction of sp³-hybridized carbons (Fsp3) is 0.703. The van der Waals surface area contributed by atoms with Crippen molar-refractivity contribution >= 4 is 41.0 Å². The lowest BCUT2D eigenvalue weighted by Crippen LogP contribution is -2.58. The normalized spacial score (nSPS) is 24.0. The molecule has 0 bridgehead atoms. The van der Waals surface area contributed by atoms with E-state index >= 15 is 0 Å². The van der Waals surface area contributed by atoms with Gasteiger partial charge in [-0.1, -0.05) is 59.8 Å². The van der Waals surface area contributed by atoms with Crippen molar-refractivity contribution in [1.29, 1.82) is 0 Å². The molecule has 50 heavy (non-hydrogen) atoms. The molecule has 0 aromatic carbocycles. The van der Waals surface area contributed by atoms with Gasteiger partial charge < -0.3 is 20.9 Å². The van der Waals surface area contributed by atoms with E-state index in [9.17, 15) is 33.6 Å². The van der Waals surface area contributed by atoms with E-state index in [1.165, 1.54) is 23.5 Å². The molecule has 1 aromatic heterocycles. The number of rotatable bonds is 14. The van der Waals surface area contributed by atoms with Gasteiger partial charge in [0.05, 0.1) is 18.3 Å². The minimum absolute atomic E-state index is 0.0133. The summed E-state index contributed by atoms with van der Waals surface area (Å²) in [4.78, 5) is 106. The molecular formula is C37H52N6O7. The van der Waals surface area contributed by atoms with Crippen LogP contribution in [0.25, 0.3) is 0 Å². The molecule has 13 heteroatoms. The molecule has 6 atom stereocenters. The zero-order valence-electron chi connectivity index (χ0n) is 29.7. The molecular weight excluding hydrogens is 640 g/mol. The third-order valence-corrected chi connectivity index (χ3v) is 10.9. The molecule has 4 fully saturated rings. The number of amides is 4. The maximum absolute atomic E-state index is 14.6. The Morgan fingerprint density at radius 2 is 1.58 bits per heavy atom. The van der Waals surface area contributed by atoms with Crippen LogP contribution in [0, 0.1) is 29.1 Å². The maximum atomic E-state index is 14.6. The van der Waals surface area contributed by atoms with Crippen LogP contribution in [0.5, 0.6) is 0 Å². The summed E-state index contributed by atoms with van der Waals surface area (Å²) in [7, 11) is 0. The molecule has 1 saturated heterocycles. The quantitative estimate of drug-likeness (QED) is 0.195. The van der Waals surface area contributed by atoms with E-state index in [1.807, 2.05) is 6.92 Å². The first kappa shape index (κ1) is 37.2. The van der Waals surface area contributed by atoms with Crippen LogP contribution in [0.2, 0.25) is 0 Å². The monoisotopic (exact) mass is 692 g/mol. The van der Waals surface area contributed by atoms with Gasteiger partial charge in [-0.15, -0.1) is 0 Å². The molecule has 1 unspecified atom stereocenters. The second kappa shape index (κ2) is 15.9. The molecule has 4 amide bonds. The highest BCUT2D eigenvalue weighted by Gasteiger charge is 2.54. The first-order valence-corrected chi connectivity index (χ1v) is 18.4. The Morgan fingerprint density at radius 3 is 2.20 bits per heavy atom. The van der Waals surface area contributed by atoms with E-state index in [1.54, 1.807) is 20.8 Å². The Morgan fingerprint density at radius 1 is 0.860 bits per heavy atom. The Hall–Kier alpha value is -4.03. The molecule has 272 valence electrons. The summed E-state index contributed by atoms with van der Waals surface area (Å²) in [5.74, 6) is -6.78. The number of nitrogens with one attached hydrogen (secondary N) is 3. The molecule has 1 aliphatic heterocycles. The fourth-order valence-corrected chi connectivity index (χ4v) is 8.16. The number of nitrogens with zero attached hydrogens (tertiary/aromatic N) is 3. The molecule has 1 aromatic rings. The molecule has 3 aliphatic carbocycles. The second-order valence-electron chi connectivity index (χ2n) is 15.7. The van der Waals surface area contributed by atoms with Crippen molar-refractivity contribution in [3.05, 3.63) is 24.3 Å². The van der Waals surface area contributed by atoms with Crippen molar-refractivity contribution in [1.82, 2.24) is 30.8 Å². The number of hydrogen-bond acceptors (Lipinski definition) is 9. The van der Waals surface area contributed by atoms with Crippen molar-refractivity contribution in [3.63, 3.8) is 0 Å². The Labute approximate surface area is 293 Å². The summed E-state index contributed by atoms with van der Waals surface area (Å²) in [6.07, 6.45) is 12.9. The van der Waals surface area contributed by atoms with Gasteiger partial charge >= 0.3 is 0 Å². The fourth-order valence-electron chi connectivity index (χ4n) is 8.16. The third-order valence-electron chi connectivity index (χ3n) is 10.9. The first-order valence-electron chi connectivity index (χ1n) is 18.4. The van der Waals surface area contributed by atoms with Gasteiger partial charge in [-0.2, -0.15) is 0 Å². The van der Waals surface area contributed by atoms with Gasteiger partial charge in [0.15, 0.2) is 0 Å². The predicted molar refractivity (Wildman–Crippen MR) is 182 cm³/mol. The van der Waals surface area contributed by atoms with Gasteiger partial charge in [0.1, 0.15) is 17.7 Å². The summed E-state index contributed by atoms with van der Waals surface area (Å²) in [5.41, 5.74) is -0.990. The molecule has 5 rings (SSSR count). The summed E-state index contributed by atoms with van der Waals surface area (Å²) in [5, 5.41) is 8.27. The number of carbonyl (C=O) groups excluding carboxylic acids is 7. The number of hydrogen-bond donors (Lipinski definition) is 3. The first-order chi connectivity index (χ1) is 23.8. The molecule has 2 heterocycles. The van der Waals surface area contributed by atoms with Gasteiger partial charge in [-0.05, 0) is 68.1 Å². The van der Waals surface area contributed by atoms with Crippen LogP contribution in [0.4, 0.5) is 0 Å². The Balaban J connectivity index is 1.39. The van der Waals surface area contributed by atoms with E-state index in [-0.39, 0.29) is 42.5 Å². The Kier molecular flexibility index (Phi) is 11.8. The van der Waals surface area contributed by atoms with Crippen molar-refractivity contribution in [2.24, 2.45) is 29.1 Å². The SMILES string of the molecule is CCCC(NC(=O)[C@@H]1[C@H]2CCC[C@H]2CN1C(=O)[C@@H](C(=O)C(=O)[C@@H](NC(=O)c1cnccn1)C1CCCCC1)C(C)(C)C)C(=O)C(=O)NC1CC1. The van der Waals surface area contributed by atoms with E-state index < -0.39 is 70.4 Å². The zero-order valence-corrected chi connectivity index (χ0v) is 29.7. The second-order valence-corrected chi connectivity index (χ2v) is 15.7. The van der Waals surface area contributed by atoms with Crippen LogP contribution in [0.3, 0.4) is 0 Å². The number of Topliss-reactive ketones (excluding diaryl/α,β-unsaturated/α-hetero) is 3. The van der Waals surface area contributed by atoms with Crippen molar-refractivity contribution in [3.8, 4) is 0 Å². The number of likely N-dealkylation sites (tertiary alicyclic amines) is 1. The highest BCUT2D eigenvalue weighted by Crippen LogP contribution is 2.44. The van der Waals surface area contributed by atoms with Crippen LogP contribution < -0.4 is 16.0 Å². The average molecular weight is 693 g/mol.